The second-order valence-corrected chi connectivity index (χ2v) is 8.00. The fourth-order valence-electron chi connectivity index (χ4n) is 2.70. The van der Waals surface area contributed by atoms with Crippen LogP contribution in [-0.4, -0.2) is 30.0 Å². The van der Waals surface area contributed by atoms with E-state index in [-0.39, 0.29) is 12.1 Å². The van der Waals surface area contributed by atoms with Crippen molar-refractivity contribution in [2.75, 3.05) is 12.3 Å². The molecule has 5 heteroatoms. The molecule has 0 fully saturated rings. The monoisotopic (exact) mass is 336 g/mol. The molecule has 0 aromatic heterocycles. The Kier molecular flexibility index (Phi) is 6.36. The number of rotatable bonds is 6. The zero-order valence-corrected chi connectivity index (χ0v) is 15.3. The van der Waals surface area contributed by atoms with Crippen LogP contribution in [0.4, 0.5) is 4.79 Å². The Bertz CT molecular complexity index is 528. The number of benzene rings is 1. The van der Waals surface area contributed by atoms with Crippen LogP contribution in [0, 0.1) is 0 Å². The molecule has 1 aromatic carbocycles. The van der Waals surface area contributed by atoms with Crippen LogP contribution in [-0.2, 0) is 4.74 Å². The Morgan fingerprint density at radius 3 is 2.83 bits per heavy atom. The van der Waals surface area contributed by atoms with E-state index in [1.807, 2.05) is 32.5 Å². The van der Waals surface area contributed by atoms with E-state index < -0.39 is 5.60 Å². The Labute approximate surface area is 143 Å². The highest BCUT2D eigenvalue weighted by Gasteiger charge is 2.25. The van der Waals surface area contributed by atoms with Crippen molar-refractivity contribution in [1.29, 1.82) is 0 Å². The quantitative estimate of drug-likeness (QED) is 0.820. The second kappa shape index (κ2) is 8.06. The van der Waals surface area contributed by atoms with Gasteiger partial charge >= 0.3 is 6.09 Å². The summed E-state index contributed by atoms with van der Waals surface area (Å²) in [5.74, 6) is 1.05. The summed E-state index contributed by atoms with van der Waals surface area (Å²) in [5, 5.41) is 6.59. The first-order chi connectivity index (χ1) is 10.9. The van der Waals surface area contributed by atoms with Crippen molar-refractivity contribution in [1.82, 2.24) is 10.6 Å². The normalized spacial score (nSPS) is 18.3. The van der Waals surface area contributed by atoms with Gasteiger partial charge in [-0.15, -0.1) is 11.8 Å². The molecule has 0 aliphatic carbocycles. The molecule has 0 radical (unpaired) electrons. The Morgan fingerprint density at radius 1 is 1.39 bits per heavy atom. The summed E-state index contributed by atoms with van der Waals surface area (Å²) in [7, 11) is 0. The molecule has 0 saturated heterocycles. The topological polar surface area (TPSA) is 50.4 Å². The summed E-state index contributed by atoms with van der Waals surface area (Å²) in [6, 6.07) is 9.15. The van der Waals surface area contributed by atoms with Gasteiger partial charge in [0.15, 0.2) is 0 Å². The largest absolute Gasteiger partial charge is 0.444 e. The number of carbonyl (C=O) groups excluding carboxylic acids is 1. The van der Waals surface area contributed by atoms with Crippen molar-refractivity contribution in [2.24, 2.45) is 0 Å². The highest BCUT2D eigenvalue weighted by molar-refractivity contribution is 7.99. The number of hydrogen-bond acceptors (Lipinski definition) is 4. The molecule has 2 N–H and O–H groups in total. The van der Waals surface area contributed by atoms with E-state index in [0.29, 0.717) is 12.6 Å². The Morgan fingerprint density at radius 2 is 2.13 bits per heavy atom. The van der Waals surface area contributed by atoms with Crippen molar-refractivity contribution < 1.29 is 9.53 Å². The maximum absolute atomic E-state index is 11.8. The molecule has 1 aliphatic rings. The molecule has 2 unspecified atom stereocenters. The van der Waals surface area contributed by atoms with Gasteiger partial charge in [-0.05, 0) is 38.8 Å². The summed E-state index contributed by atoms with van der Waals surface area (Å²) in [6.45, 7) is 8.38. The highest BCUT2D eigenvalue weighted by atomic mass is 32.2. The van der Waals surface area contributed by atoms with Gasteiger partial charge in [0.05, 0.1) is 0 Å². The first-order valence-corrected chi connectivity index (χ1v) is 9.32. The van der Waals surface area contributed by atoms with Crippen molar-refractivity contribution in [2.45, 2.75) is 63.1 Å². The van der Waals surface area contributed by atoms with Gasteiger partial charge in [-0.2, -0.15) is 0 Å². The molecule has 1 aromatic rings. The summed E-state index contributed by atoms with van der Waals surface area (Å²) < 4.78 is 5.31. The van der Waals surface area contributed by atoms with Gasteiger partial charge in [0.1, 0.15) is 5.60 Å². The molecule has 4 nitrogen and oxygen atoms in total. The molecular weight excluding hydrogens is 308 g/mol. The van der Waals surface area contributed by atoms with Crippen molar-refractivity contribution >= 4 is 17.9 Å². The number of carbonyl (C=O) groups is 1. The van der Waals surface area contributed by atoms with Crippen LogP contribution < -0.4 is 10.6 Å². The lowest BCUT2D eigenvalue weighted by Crippen LogP contribution is -2.44. The molecule has 1 amide bonds. The average molecular weight is 337 g/mol. The predicted octanol–water partition coefficient (Wildman–Crippen LogP) is 4.12. The van der Waals surface area contributed by atoms with Crippen LogP contribution in [0.2, 0.25) is 0 Å². The van der Waals surface area contributed by atoms with Crippen molar-refractivity contribution in [3.05, 3.63) is 29.8 Å². The zero-order valence-electron chi connectivity index (χ0n) is 14.5. The van der Waals surface area contributed by atoms with Gasteiger partial charge in [0.25, 0.3) is 0 Å². The lowest BCUT2D eigenvalue weighted by atomic mass is 10.1. The second-order valence-electron chi connectivity index (χ2n) is 6.94. The number of hydrogen-bond donors (Lipinski definition) is 2. The SMILES string of the molecule is CCCC(CNC(=O)OC(C)(C)C)NC1CSc2ccccc21. The smallest absolute Gasteiger partial charge is 0.407 e. The number of fused-ring (bicyclic) bond motifs is 1. The molecule has 23 heavy (non-hydrogen) atoms. The third-order valence-corrected chi connectivity index (χ3v) is 4.85. The third-order valence-electron chi connectivity index (χ3n) is 3.67. The lowest BCUT2D eigenvalue weighted by molar-refractivity contribution is 0.0521. The molecule has 2 atom stereocenters. The molecule has 2 rings (SSSR count). The first-order valence-electron chi connectivity index (χ1n) is 8.33. The molecule has 0 spiro atoms. The van der Waals surface area contributed by atoms with Gasteiger partial charge in [0, 0.05) is 29.3 Å². The molecule has 1 heterocycles. The van der Waals surface area contributed by atoms with Crippen LogP contribution in [0.5, 0.6) is 0 Å². The van der Waals surface area contributed by atoms with Crippen molar-refractivity contribution in [3.63, 3.8) is 0 Å². The molecule has 0 bridgehead atoms. The number of thioether (sulfide) groups is 1. The lowest BCUT2D eigenvalue weighted by Gasteiger charge is -2.25. The summed E-state index contributed by atoms with van der Waals surface area (Å²) >= 11 is 1.89. The highest BCUT2D eigenvalue weighted by Crippen LogP contribution is 2.38. The number of nitrogens with one attached hydrogen (secondary N) is 2. The van der Waals surface area contributed by atoms with E-state index in [0.717, 1.165) is 18.6 Å². The van der Waals surface area contributed by atoms with E-state index >= 15 is 0 Å². The predicted molar refractivity (Wildman–Crippen MR) is 96.0 cm³/mol. The van der Waals surface area contributed by atoms with Crippen LogP contribution in [0.1, 0.15) is 52.1 Å². The summed E-state index contributed by atoms with van der Waals surface area (Å²) in [5.41, 5.74) is 0.912. The minimum Gasteiger partial charge on any atom is -0.444 e. The maximum Gasteiger partial charge on any atom is 0.407 e. The van der Waals surface area contributed by atoms with Crippen molar-refractivity contribution in [3.8, 4) is 0 Å². The molecule has 0 saturated carbocycles. The number of amides is 1. The van der Waals surface area contributed by atoms with Crippen LogP contribution in [0.25, 0.3) is 0 Å². The molecule has 128 valence electrons. The fourth-order valence-corrected chi connectivity index (χ4v) is 3.87. The minimum absolute atomic E-state index is 0.254. The van der Waals surface area contributed by atoms with Crippen LogP contribution in [0.15, 0.2) is 29.2 Å². The van der Waals surface area contributed by atoms with Crippen LogP contribution >= 0.6 is 11.8 Å². The molecular formula is C18H28N2O2S. The fraction of sp³-hybridized carbons (Fsp3) is 0.611. The Hall–Kier alpha value is -1.20. The number of alkyl carbamates (subject to hydrolysis) is 1. The van der Waals surface area contributed by atoms with Gasteiger partial charge < -0.3 is 15.4 Å². The zero-order chi connectivity index (χ0) is 16.9. The standard InChI is InChI=1S/C18H28N2O2S/c1-5-8-13(11-19-17(21)22-18(2,3)4)20-15-12-23-16-10-7-6-9-14(15)16/h6-7,9-10,13,15,20H,5,8,11-12H2,1-4H3,(H,19,21). The maximum atomic E-state index is 11.8. The van der Waals surface area contributed by atoms with E-state index in [2.05, 4.69) is 41.8 Å². The van der Waals surface area contributed by atoms with E-state index in [4.69, 9.17) is 4.74 Å². The summed E-state index contributed by atoms with van der Waals surface area (Å²) in [4.78, 5) is 13.2. The average Bonchev–Trinajstić information content (AvgIpc) is 2.87. The number of ether oxygens (including phenoxy) is 1. The molecule has 1 aliphatic heterocycles. The van der Waals surface area contributed by atoms with Crippen LogP contribution in [0.3, 0.4) is 0 Å². The van der Waals surface area contributed by atoms with Gasteiger partial charge in [-0.25, -0.2) is 4.79 Å². The van der Waals surface area contributed by atoms with Gasteiger partial charge in [0.2, 0.25) is 0 Å². The third kappa shape index (κ3) is 5.74. The van der Waals surface area contributed by atoms with E-state index in [9.17, 15) is 4.79 Å². The van der Waals surface area contributed by atoms with Gasteiger partial charge in [-0.3, -0.25) is 0 Å². The first kappa shape index (κ1) is 18.1. The van der Waals surface area contributed by atoms with Gasteiger partial charge in [-0.1, -0.05) is 31.5 Å². The Balaban J connectivity index is 1.88. The van der Waals surface area contributed by atoms with E-state index in [1.54, 1.807) is 0 Å². The minimum atomic E-state index is -0.460. The van der Waals surface area contributed by atoms with E-state index in [1.165, 1.54) is 10.5 Å². The summed E-state index contributed by atoms with van der Waals surface area (Å²) in [6.07, 6.45) is 1.76.